The van der Waals surface area contributed by atoms with Gasteiger partial charge in [0.15, 0.2) is 0 Å². The fourth-order valence-electron chi connectivity index (χ4n) is 1.64. The maximum Gasteiger partial charge on any atom is 0.134 e. The second-order valence-corrected chi connectivity index (χ2v) is 5.53. The van der Waals surface area contributed by atoms with E-state index in [4.69, 9.17) is 4.74 Å². The van der Waals surface area contributed by atoms with Crippen LogP contribution < -0.4 is 5.32 Å². The van der Waals surface area contributed by atoms with Crippen LogP contribution in [0.15, 0.2) is 0 Å². The number of hydrogen-bond donors (Lipinski definition) is 1. The van der Waals surface area contributed by atoms with Gasteiger partial charge in [0.25, 0.3) is 0 Å². The maximum atomic E-state index is 11.7. The number of ether oxygens (including phenoxy) is 1. The Morgan fingerprint density at radius 2 is 2.20 bits per heavy atom. The number of Topliss-reactive ketones (excluding diaryl/α,β-unsaturated/α-hetero) is 1. The Balaban J connectivity index is 2.17. The molecule has 1 N–H and O–H groups in total. The molecule has 0 saturated carbocycles. The molecule has 3 nitrogen and oxygen atoms in total. The summed E-state index contributed by atoms with van der Waals surface area (Å²) < 4.78 is 5.31. The van der Waals surface area contributed by atoms with Crippen LogP contribution in [0.3, 0.4) is 0 Å². The highest BCUT2D eigenvalue weighted by atomic mass is 16.5. The van der Waals surface area contributed by atoms with Gasteiger partial charge in [0, 0.05) is 25.4 Å². The van der Waals surface area contributed by atoms with Crippen molar-refractivity contribution in [3.63, 3.8) is 0 Å². The molecule has 0 radical (unpaired) electrons. The number of rotatable bonds is 4. The second kappa shape index (κ2) is 5.61. The molecule has 15 heavy (non-hydrogen) atoms. The molecule has 0 aromatic heterocycles. The lowest BCUT2D eigenvalue weighted by Gasteiger charge is -2.24. The van der Waals surface area contributed by atoms with E-state index in [0.717, 1.165) is 19.6 Å². The van der Waals surface area contributed by atoms with Crippen LogP contribution in [0.25, 0.3) is 0 Å². The van der Waals surface area contributed by atoms with Gasteiger partial charge in [-0.3, -0.25) is 4.79 Å². The average Bonchev–Trinajstić information content (AvgIpc) is 2.15. The zero-order valence-corrected chi connectivity index (χ0v) is 10.1. The van der Waals surface area contributed by atoms with E-state index in [0.29, 0.717) is 25.2 Å². The van der Waals surface area contributed by atoms with Crippen molar-refractivity contribution in [3.05, 3.63) is 0 Å². The Morgan fingerprint density at radius 1 is 1.47 bits per heavy atom. The highest BCUT2D eigenvalue weighted by Crippen LogP contribution is 2.21. The topological polar surface area (TPSA) is 38.3 Å². The second-order valence-electron chi connectivity index (χ2n) is 5.53. The van der Waals surface area contributed by atoms with Gasteiger partial charge in [0.1, 0.15) is 5.78 Å². The van der Waals surface area contributed by atoms with E-state index in [1.807, 2.05) is 0 Å². The summed E-state index contributed by atoms with van der Waals surface area (Å²) in [6, 6.07) is 0.242. The molecule has 0 bridgehead atoms. The van der Waals surface area contributed by atoms with Crippen LogP contribution in [0, 0.1) is 5.41 Å². The van der Waals surface area contributed by atoms with E-state index in [9.17, 15) is 4.79 Å². The van der Waals surface area contributed by atoms with Gasteiger partial charge in [-0.25, -0.2) is 0 Å². The molecule has 1 fully saturated rings. The van der Waals surface area contributed by atoms with Crippen molar-refractivity contribution in [2.75, 3.05) is 19.8 Å². The van der Waals surface area contributed by atoms with Crippen molar-refractivity contribution in [1.29, 1.82) is 0 Å². The molecule has 1 saturated heterocycles. The van der Waals surface area contributed by atoms with Gasteiger partial charge in [0.05, 0.1) is 13.2 Å². The van der Waals surface area contributed by atoms with E-state index in [1.165, 1.54) is 0 Å². The number of ketones is 1. The molecule has 1 unspecified atom stereocenters. The number of carbonyl (C=O) groups excluding carboxylic acids is 1. The van der Waals surface area contributed by atoms with Crippen molar-refractivity contribution in [2.24, 2.45) is 5.41 Å². The van der Waals surface area contributed by atoms with Gasteiger partial charge in [-0.15, -0.1) is 0 Å². The third kappa shape index (κ3) is 5.90. The fraction of sp³-hybridized carbons (Fsp3) is 0.917. The number of carbonyl (C=O) groups is 1. The van der Waals surface area contributed by atoms with Crippen molar-refractivity contribution in [2.45, 2.75) is 46.1 Å². The maximum absolute atomic E-state index is 11.7. The molecule has 0 aromatic carbocycles. The summed E-state index contributed by atoms with van der Waals surface area (Å²) in [5, 5.41) is 3.30. The number of nitrogens with one attached hydrogen (secondary N) is 1. The van der Waals surface area contributed by atoms with Crippen molar-refractivity contribution < 1.29 is 9.53 Å². The van der Waals surface area contributed by atoms with Crippen LogP contribution in [0.4, 0.5) is 0 Å². The first-order valence-corrected chi connectivity index (χ1v) is 5.80. The standard InChI is InChI=1S/C12H23NO2/c1-12(2,3)5-4-11(14)8-10-9-15-7-6-13-10/h10,13H,4-9H2,1-3H3. The van der Waals surface area contributed by atoms with Crippen molar-refractivity contribution >= 4 is 5.78 Å². The SMILES string of the molecule is CC(C)(C)CCC(=O)CC1COCCN1. The van der Waals surface area contributed by atoms with Gasteiger partial charge in [-0.1, -0.05) is 20.8 Å². The van der Waals surface area contributed by atoms with E-state index >= 15 is 0 Å². The Labute approximate surface area is 92.6 Å². The molecule has 1 atom stereocenters. The van der Waals surface area contributed by atoms with Crippen molar-refractivity contribution in [3.8, 4) is 0 Å². The molecule has 1 aliphatic rings. The summed E-state index contributed by atoms with van der Waals surface area (Å²) >= 11 is 0. The summed E-state index contributed by atoms with van der Waals surface area (Å²) in [5.74, 6) is 0.355. The van der Waals surface area contributed by atoms with Crippen LogP contribution in [-0.2, 0) is 9.53 Å². The molecular weight excluding hydrogens is 190 g/mol. The van der Waals surface area contributed by atoms with Crippen LogP contribution in [0.5, 0.6) is 0 Å². The largest absolute Gasteiger partial charge is 0.379 e. The minimum atomic E-state index is 0.242. The van der Waals surface area contributed by atoms with Crippen LogP contribution in [0.2, 0.25) is 0 Å². The zero-order chi connectivity index (χ0) is 11.3. The smallest absolute Gasteiger partial charge is 0.134 e. The minimum absolute atomic E-state index is 0.242. The minimum Gasteiger partial charge on any atom is -0.379 e. The van der Waals surface area contributed by atoms with Crippen LogP contribution in [0.1, 0.15) is 40.0 Å². The monoisotopic (exact) mass is 213 g/mol. The first-order chi connectivity index (χ1) is 6.97. The molecule has 0 aliphatic carbocycles. The lowest BCUT2D eigenvalue weighted by molar-refractivity contribution is -0.120. The zero-order valence-electron chi connectivity index (χ0n) is 10.1. The van der Waals surface area contributed by atoms with Gasteiger partial charge in [-0.05, 0) is 11.8 Å². The molecule has 0 amide bonds. The van der Waals surface area contributed by atoms with Crippen LogP contribution >= 0.6 is 0 Å². The quantitative estimate of drug-likeness (QED) is 0.773. The summed E-state index contributed by atoms with van der Waals surface area (Å²) in [7, 11) is 0. The fourth-order valence-corrected chi connectivity index (χ4v) is 1.64. The van der Waals surface area contributed by atoms with Gasteiger partial charge >= 0.3 is 0 Å². The first-order valence-electron chi connectivity index (χ1n) is 5.80. The summed E-state index contributed by atoms with van der Waals surface area (Å²) in [4.78, 5) is 11.7. The molecule has 0 spiro atoms. The Hall–Kier alpha value is -0.410. The van der Waals surface area contributed by atoms with E-state index in [-0.39, 0.29) is 11.5 Å². The third-order valence-corrected chi connectivity index (χ3v) is 2.63. The predicted octanol–water partition coefficient (Wildman–Crippen LogP) is 1.76. The summed E-state index contributed by atoms with van der Waals surface area (Å²) in [6.07, 6.45) is 2.29. The highest BCUT2D eigenvalue weighted by molar-refractivity contribution is 5.79. The van der Waals surface area contributed by atoms with Crippen LogP contribution in [-0.4, -0.2) is 31.6 Å². The van der Waals surface area contributed by atoms with Gasteiger partial charge < -0.3 is 10.1 Å². The Morgan fingerprint density at radius 3 is 2.73 bits per heavy atom. The summed E-state index contributed by atoms with van der Waals surface area (Å²) in [6.45, 7) is 8.83. The predicted molar refractivity (Wildman–Crippen MR) is 60.9 cm³/mol. The average molecular weight is 213 g/mol. The van der Waals surface area contributed by atoms with E-state index in [1.54, 1.807) is 0 Å². The first kappa shape index (κ1) is 12.7. The molecule has 88 valence electrons. The lowest BCUT2D eigenvalue weighted by atomic mass is 9.89. The molecule has 1 aliphatic heterocycles. The van der Waals surface area contributed by atoms with Crippen molar-refractivity contribution in [1.82, 2.24) is 5.32 Å². The number of morpholine rings is 1. The summed E-state index contributed by atoms with van der Waals surface area (Å²) in [5.41, 5.74) is 0.256. The van der Waals surface area contributed by atoms with Gasteiger partial charge in [0.2, 0.25) is 0 Å². The molecule has 1 heterocycles. The number of hydrogen-bond acceptors (Lipinski definition) is 3. The lowest BCUT2D eigenvalue weighted by Crippen LogP contribution is -2.42. The highest BCUT2D eigenvalue weighted by Gasteiger charge is 2.18. The van der Waals surface area contributed by atoms with E-state index in [2.05, 4.69) is 26.1 Å². The molecule has 1 rings (SSSR count). The van der Waals surface area contributed by atoms with Gasteiger partial charge in [-0.2, -0.15) is 0 Å². The Kier molecular flexibility index (Phi) is 4.74. The Bertz CT molecular complexity index is 202. The molecule has 3 heteroatoms. The normalized spacial score (nSPS) is 22.7. The molecule has 0 aromatic rings. The third-order valence-electron chi connectivity index (χ3n) is 2.63. The van der Waals surface area contributed by atoms with E-state index < -0.39 is 0 Å². The molecular formula is C12H23NO2.